The molecular formula is C23H28N4O4S. The first-order valence-electron chi connectivity index (χ1n) is 11.1. The van der Waals surface area contributed by atoms with Crippen molar-refractivity contribution in [1.82, 2.24) is 20.2 Å². The summed E-state index contributed by atoms with van der Waals surface area (Å²) in [6.45, 7) is 3.74. The molecule has 2 aromatic rings. The van der Waals surface area contributed by atoms with Crippen molar-refractivity contribution in [2.24, 2.45) is 0 Å². The fraction of sp³-hybridized carbons (Fsp3) is 0.478. The zero-order valence-corrected chi connectivity index (χ0v) is 19.2. The molecule has 2 aliphatic rings. The number of carbonyl (C=O) groups is 2. The largest absolute Gasteiger partial charge is 0.463 e. The van der Waals surface area contributed by atoms with Gasteiger partial charge in [0.15, 0.2) is 5.16 Å². The highest BCUT2D eigenvalue weighted by atomic mass is 32.2. The zero-order chi connectivity index (χ0) is 22.7. The summed E-state index contributed by atoms with van der Waals surface area (Å²) in [6.07, 6.45) is 5.25. The quantitative estimate of drug-likeness (QED) is 0.392. The molecule has 1 atom stereocenters. The van der Waals surface area contributed by atoms with E-state index in [-0.39, 0.29) is 24.2 Å². The van der Waals surface area contributed by atoms with Gasteiger partial charge in [0.25, 0.3) is 5.56 Å². The summed E-state index contributed by atoms with van der Waals surface area (Å²) in [5.74, 6) is -0.164. The highest BCUT2D eigenvalue weighted by molar-refractivity contribution is 7.99. The van der Waals surface area contributed by atoms with E-state index in [1.807, 2.05) is 28.8 Å². The molecule has 1 aliphatic heterocycles. The van der Waals surface area contributed by atoms with Gasteiger partial charge in [0, 0.05) is 17.5 Å². The first-order chi connectivity index (χ1) is 15.5. The third kappa shape index (κ3) is 4.53. The fourth-order valence-electron chi connectivity index (χ4n) is 4.42. The Morgan fingerprint density at radius 2 is 1.97 bits per heavy atom. The maximum Gasteiger partial charge on any atom is 0.337 e. The molecule has 8 nitrogen and oxygen atoms in total. The Labute approximate surface area is 190 Å². The fourth-order valence-corrected chi connectivity index (χ4v) is 5.45. The maximum absolute atomic E-state index is 13.4. The zero-order valence-electron chi connectivity index (χ0n) is 18.3. The summed E-state index contributed by atoms with van der Waals surface area (Å²) in [5.41, 5.74) is 1.50. The van der Waals surface area contributed by atoms with Crippen molar-refractivity contribution in [3.8, 4) is 0 Å². The Morgan fingerprint density at radius 1 is 1.22 bits per heavy atom. The van der Waals surface area contributed by atoms with Crippen LogP contribution in [0.5, 0.6) is 0 Å². The number of fused-ring (bicyclic) bond motifs is 1. The van der Waals surface area contributed by atoms with Gasteiger partial charge in [-0.2, -0.15) is 0 Å². The van der Waals surface area contributed by atoms with Crippen LogP contribution in [0.15, 0.2) is 45.5 Å². The molecule has 0 radical (unpaired) electrons. The molecule has 2 N–H and O–H groups in total. The van der Waals surface area contributed by atoms with Crippen LogP contribution in [0.4, 0.5) is 4.79 Å². The normalized spacial score (nSPS) is 19.6. The molecule has 2 heterocycles. The number of aromatic nitrogens is 2. The summed E-state index contributed by atoms with van der Waals surface area (Å²) in [4.78, 5) is 42.8. The second-order valence-electron chi connectivity index (χ2n) is 8.10. The maximum atomic E-state index is 13.4. The Morgan fingerprint density at radius 3 is 2.72 bits per heavy atom. The average molecular weight is 457 g/mol. The number of nitrogens with one attached hydrogen (secondary N) is 2. The molecule has 1 unspecified atom stereocenters. The monoisotopic (exact) mass is 456 g/mol. The molecular weight excluding hydrogens is 428 g/mol. The molecule has 0 saturated heterocycles. The van der Waals surface area contributed by atoms with E-state index in [2.05, 4.69) is 10.6 Å². The highest BCUT2D eigenvalue weighted by Crippen LogP contribution is 2.32. The summed E-state index contributed by atoms with van der Waals surface area (Å²) in [5, 5.41) is 6.67. The summed E-state index contributed by atoms with van der Waals surface area (Å²) in [7, 11) is 0. The van der Waals surface area contributed by atoms with Gasteiger partial charge in [0.05, 0.1) is 29.1 Å². The van der Waals surface area contributed by atoms with Gasteiger partial charge in [-0.15, -0.1) is 0 Å². The summed E-state index contributed by atoms with van der Waals surface area (Å²) in [6, 6.07) is 6.64. The minimum atomic E-state index is -0.469. The molecule has 1 aromatic heterocycles. The number of urea groups is 1. The molecule has 0 spiro atoms. The number of rotatable bonds is 6. The van der Waals surface area contributed by atoms with Gasteiger partial charge in [0.2, 0.25) is 0 Å². The van der Waals surface area contributed by atoms with E-state index < -0.39 is 12.0 Å². The predicted molar refractivity (Wildman–Crippen MR) is 124 cm³/mol. The van der Waals surface area contributed by atoms with Crippen LogP contribution in [-0.2, 0) is 9.53 Å². The molecule has 170 valence electrons. The summed E-state index contributed by atoms with van der Waals surface area (Å²) >= 11 is 1.36. The predicted octanol–water partition coefficient (Wildman–Crippen LogP) is 3.51. The van der Waals surface area contributed by atoms with Crippen LogP contribution >= 0.6 is 11.8 Å². The number of hydrogen-bond acceptors (Lipinski definition) is 6. The summed E-state index contributed by atoms with van der Waals surface area (Å²) < 4.78 is 7.02. The Kier molecular flexibility index (Phi) is 6.83. The second-order valence-corrected chi connectivity index (χ2v) is 9.04. The van der Waals surface area contributed by atoms with E-state index in [1.54, 1.807) is 13.8 Å². The van der Waals surface area contributed by atoms with Gasteiger partial charge in [-0.3, -0.25) is 9.36 Å². The van der Waals surface area contributed by atoms with Crippen molar-refractivity contribution in [1.29, 1.82) is 0 Å². The topological polar surface area (TPSA) is 102 Å². The first kappa shape index (κ1) is 22.4. The van der Waals surface area contributed by atoms with E-state index in [4.69, 9.17) is 9.72 Å². The molecule has 1 aliphatic carbocycles. The van der Waals surface area contributed by atoms with Crippen LogP contribution in [0.3, 0.4) is 0 Å². The Bertz CT molecular complexity index is 1120. The van der Waals surface area contributed by atoms with E-state index in [0.717, 1.165) is 25.7 Å². The number of esters is 1. The van der Waals surface area contributed by atoms with Gasteiger partial charge in [-0.1, -0.05) is 43.2 Å². The smallest absolute Gasteiger partial charge is 0.337 e. The molecule has 9 heteroatoms. The molecule has 32 heavy (non-hydrogen) atoms. The molecule has 2 amide bonds. The van der Waals surface area contributed by atoms with Crippen molar-refractivity contribution >= 4 is 34.7 Å². The number of hydrogen-bond donors (Lipinski definition) is 2. The van der Waals surface area contributed by atoms with Crippen LogP contribution in [0.2, 0.25) is 0 Å². The molecule has 0 bridgehead atoms. The number of carbonyl (C=O) groups excluding carboxylic acids is 2. The standard InChI is InChI=1S/C23H28N4O4S/c1-3-31-21(29)19-14(2)24-22(30)25-18(19)13-32-23-26-17-12-8-7-11-16(17)20(28)27(23)15-9-5-4-6-10-15/h7-8,11-12,14-15H,3-6,9-10,13H2,1-2H3,(H2,24,25,30). The molecule has 1 saturated carbocycles. The lowest BCUT2D eigenvalue weighted by molar-refractivity contribution is -0.138. The van der Waals surface area contributed by atoms with Crippen LogP contribution in [0.1, 0.15) is 52.0 Å². The number of benzene rings is 1. The van der Waals surface area contributed by atoms with Gasteiger partial charge in [0.1, 0.15) is 0 Å². The first-order valence-corrected chi connectivity index (χ1v) is 12.1. The molecule has 1 aromatic carbocycles. The van der Waals surface area contributed by atoms with Crippen molar-refractivity contribution in [3.05, 3.63) is 45.9 Å². The number of ether oxygens (including phenoxy) is 1. The molecule has 1 fully saturated rings. The van der Waals surface area contributed by atoms with Crippen molar-refractivity contribution in [2.75, 3.05) is 12.4 Å². The van der Waals surface area contributed by atoms with Gasteiger partial charge < -0.3 is 15.4 Å². The third-order valence-electron chi connectivity index (χ3n) is 5.93. The van der Waals surface area contributed by atoms with Gasteiger partial charge in [-0.25, -0.2) is 14.6 Å². The number of amides is 2. The highest BCUT2D eigenvalue weighted by Gasteiger charge is 2.30. The SMILES string of the molecule is CCOC(=O)C1=C(CSc2nc3ccccc3c(=O)n2C2CCCCC2)NC(=O)NC1C. The van der Waals surface area contributed by atoms with Crippen LogP contribution in [-0.4, -0.2) is 40.0 Å². The van der Waals surface area contributed by atoms with Crippen LogP contribution in [0.25, 0.3) is 10.9 Å². The third-order valence-corrected chi connectivity index (χ3v) is 6.91. The lowest BCUT2D eigenvalue weighted by Crippen LogP contribution is -2.49. The Balaban J connectivity index is 1.73. The van der Waals surface area contributed by atoms with Crippen molar-refractivity contribution < 1.29 is 14.3 Å². The van der Waals surface area contributed by atoms with E-state index in [0.29, 0.717) is 33.1 Å². The minimum absolute atomic E-state index is 0.0349. The van der Waals surface area contributed by atoms with Crippen LogP contribution in [0, 0.1) is 0 Å². The lowest BCUT2D eigenvalue weighted by Gasteiger charge is -2.28. The van der Waals surface area contributed by atoms with E-state index in [9.17, 15) is 14.4 Å². The lowest BCUT2D eigenvalue weighted by atomic mass is 9.95. The number of thioether (sulfide) groups is 1. The second kappa shape index (κ2) is 9.77. The van der Waals surface area contributed by atoms with Crippen molar-refractivity contribution in [3.63, 3.8) is 0 Å². The van der Waals surface area contributed by atoms with Crippen LogP contribution < -0.4 is 16.2 Å². The minimum Gasteiger partial charge on any atom is -0.463 e. The number of para-hydroxylation sites is 1. The number of nitrogens with zero attached hydrogens (tertiary/aromatic N) is 2. The molecule has 4 rings (SSSR count). The van der Waals surface area contributed by atoms with Gasteiger partial charge in [-0.05, 0) is 38.8 Å². The Hall–Kier alpha value is -2.81. The van der Waals surface area contributed by atoms with E-state index in [1.165, 1.54) is 18.2 Å². The average Bonchev–Trinajstić information content (AvgIpc) is 2.78. The van der Waals surface area contributed by atoms with Gasteiger partial charge >= 0.3 is 12.0 Å². The van der Waals surface area contributed by atoms with E-state index >= 15 is 0 Å². The van der Waals surface area contributed by atoms with Crippen molar-refractivity contribution in [2.45, 2.75) is 63.2 Å².